The standard InChI is InChI=1S/C15H22BNO4S/c1-14(2)15(3,4)21-16(20-14)13-8-6-5-7-12(13)11-17-9-10-22(17,18)19/h5-8H,9-11H2,1-4H3. The van der Waals surface area contributed by atoms with Crippen molar-refractivity contribution in [1.29, 1.82) is 0 Å². The van der Waals surface area contributed by atoms with E-state index in [9.17, 15) is 8.42 Å². The van der Waals surface area contributed by atoms with Gasteiger partial charge in [-0.2, -0.15) is 4.31 Å². The molecule has 120 valence electrons. The number of sulfonamides is 1. The van der Waals surface area contributed by atoms with E-state index in [1.807, 2.05) is 52.0 Å². The van der Waals surface area contributed by atoms with Gasteiger partial charge in [0.2, 0.25) is 10.0 Å². The zero-order valence-electron chi connectivity index (χ0n) is 13.5. The molecule has 0 aliphatic carbocycles. The first kappa shape index (κ1) is 16.0. The van der Waals surface area contributed by atoms with Crippen molar-refractivity contribution in [3.8, 4) is 0 Å². The highest BCUT2D eigenvalue weighted by Gasteiger charge is 2.52. The minimum absolute atomic E-state index is 0.242. The summed E-state index contributed by atoms with van der Waals surface area (Å²) in [6.45, 7) is 9.00. The Morgan fingerprint density at radius 2 is 1.73 bits per heavy atom. The fourth-order valence-corrected chi connectivity index (χ4v) is 3.69. The molecule has 0 bridgehead atoms. The van der Waals surface area contributed by atoms with Gasteiger partial charge in [-0.3, -0.25) is 0 Å². The third-order valence-electron chi connectivity index (χ3n) is 4.90. The van der Waals surface area contributed by atoms with E-state index in [1.165, 1.54) is 4.31 Å². The molecule has 5 nitrogen and oxygen atoms in total. The van der Waals surface area contributed by atoms with Gasteiger partial charge < -0.3 is 9.31 Å². The first-order chi connectivity index (χ1) is 10.1. The van der Waals surface area contributed by atoms with Crippen LogP contribution < -0.4 is 5.46 Å². The average molecular weight is 323 g/mol. The average Bonchev–Trinajstić information content (AvgIpc) is 2.64. The van der Waals surface area contributed by atoms with Gasteiger partial charge in [-0.25, -0.2) is 8.42 Å². The molecular weight excluding hydrogens is 301 g/mol. The smallest absolute Gasteiger partial charge is 0.399 e. The molecule has 1 aromatic rings. The van der Waals surface area contributed by atoms with Crippen LogP contribution in [0.4, 0.5) is 0 Å². The lowest BCUT2D eigenvalue weighted by Gasteiger charge is -2.32. The molecule has 2 aliphatic rings. The van der Waals surface area contributed by atoms with Crippen molar-refractivity contribution in [2.24, 2.45) is 0 Å². The second kappa shape index (κ2) is 5.06. The molecule has 0 unspecified atom stereocenters. The molecule has 0 spiro atoms. The minimum atomic E-state index is -3.05. The van der Waals surface area contributed by atoms with Crippen molar-refractivity contribution in [3.05, 3.63) is 29.8 Å². The van der Waals surface area contributed by atoms with Crippen molar-refractivity contribution >= 4 is 22.6 Å². The molecule has 22 heavy (non-hydrogen) atoms. The van der Waals surface area contributed by atoms with E-state index in [0.717, 1.165) is 11.0 Å². The summed E-state index contributed by atoms with van der Waals surface area (Å²) in [5.74, 6) is 0.242. The largest absolute Gasteiger partial charge is 0.495 e. The Morgan fingerprint density at radius 3 is 2.23 bits per heavy atom. The van der Waals surface area contributed by atoms with Gasteiger partial charge in [0, 0.05) is 13.1 Å². The maximum atomic E-state index is 11.7. The van der Waals surface area contributed by atoms with E-state index in [1.54, 1.807) is 0 Å². The fourth-order valence-electron chi connectivity index (χ4n) is 2.62. The number of hydrogen-bond donors (Lipinski definition) is 0. The van der Waals surface area contributed by atoms with Gasteiger partial charge >= 0.3 is 7.12 Å². The van der Waals surface area contributed by atoms with Crippen LogP contribution >= 0.6 is 0 Å². The van der Waals surface area contributed by atoms with Crippen LogP contribution in [0.1, 0.15) is 33.3 Å². The molecule has 7 heteroatoms. The highest BCUT2D eigenvalue weighted by Crippen LogP contribution is 2.36. The Kier molecular flexibility index (Phi) is 3.68. The van der Waals surface area contributed by atoms with Gasteiger partial charge in [0.1, 0.15) is 0 Å². The predicted octanol–water partition coefficient (Wildman–Crippen LogP) is 1.13. The van der Waals surface area contributed by atoms with E-state index in [0.29, 0.717) is 13.1 Å². The zero-order valence-corrected chi connectivity index (χ0v) is 14.3. The summed E-state index contributed by atoms with van der Waals surface area (Å²) in [5.41, 5.74) is 1.02. The molecule has 2 aliphatic heterocycles. The Labute approximate surface area is 132 Å². The maximum Gasteiger partial charge on any atom is 0.495 e. The van der Waals surface area contributed by atoms with E-state index < -0.39 is 28.3 Å². The van der Waals surface area contributed by atoms with Crippen LogP contribution in [-0.2, 0) is 25.9 Å². The summed E-state index contributed by atoms with van der Waals surface area (Å²) in [6, 6.07) is 7.73. The molecule has 3 rings (SSSR count). The van der Waals surface area contributed by atoms with Crippen molar-refractivity contribution in [2.75, 3.05) is 12.3 Å². The Balaban J connectivity index is 1.87. The highest BCUT2D eigenvalue weighted by atomic mass is 32.2. The van der Waals surface area contributed by atoms with Crippen LogP contribution in [0.5, 0.6) is 0 Å². The van der Waals surface area contributed by atoms with Gasteiger partial charge in [-0.1, -0.05) is 24.3 Å². The third kappa shape index (κ3) is 2.60. The maximum absolute atomic E-state index is 11.7. The molecule has 0 radical (unpaired) electrons. The molecule has 2 saturated heterocycles. The molecule has 0 atom stereocenters. The van der Waals surface area contributed by atoms with Crippen molar-refractivity contribution < 1.29 is 17.7 Å². The summed E-state index contributed by atoms with van der Waals surface area (Å²) >= 11 is 0. The van der Waals surface area contributed by atoms with E-state index in [4.69, 9.17) is 9.31 Å². The molecule has 0 aromatic heterocycles. The normalized spacial score (nSPS) is 25.9. The number of hydrogen-bond acceptors (Lipinski definition) is 4. The van der Waals surface area contributed by atoms with Gasteiger partial charge in [-0.15, -0.1) is 0 Å². The van der Waals surface area contributed by atoms with Crippen LogP contribution in [0.25, 0.3) is 0 Å². The molecule has 0 amide bonds. The number of benzene rings is 1. The van der Waals surface area contributed by atoms with Crippen LogP contribution in [0.3, 0.4) is 0 Å². The van der Waals surface area contributed by atoms with Crippen LogP contribution in [0, 0.1) is 0 Å². The molecule has 2 fully saturated rings. The Bertz CT molecular complexity index is 671. The SMILES string of the molecule is CC1(C)OB(c2ccccc2CN2CCS2(=O)=O)OC1(C)C. The topological polar surface area (TPSA) is 55.8 Å². The Hall–Kier alpha value is -0.885. The summed E-state index contributed by atoms with van der Waals surface area (Å²) in [5, 5.41) is 0. The lowest BCUT2D eigenvalue weighted by Crippen LogP contribution is -2.48. The highest BCUT2D eigenvalue weighted by molar-refractivity contribution is 7.90. The second-order valence-electron chi connectivity index (χ2n) is 6.94. The van der Waals surface area contributed by atoms with Crippen LogP contribution in [0.2, 0.25) is 0 Å². The number of nitrogens with zero attached hydrogens (tertiary/aromatic N) is 1. The molecule has 1 aromatic carbocycles. The summed E-state index contributed by atoms with van der Waals surface area (Å²) in [4.78, 5) is 0. The second-order valence-corrected chi connectivity index (χ2v) is 9.03. The lowest BCUT2D eigenvalue weighted by molar-refractivity contribution is 0.00578. The van der Waals surface area contributed by atoms with E-state index >= 15 is 0 Å². The van der Waals surface area contributed by atoms with Crippen LogP contribution in [0.15, 0.2) is 24.3 Å². The van der Waals surface area contributed by atoms with Crippen molar-refractivity contribution in [1.82, 2.24) is 4.31 Å². The quantitative estimate of drug-likeness (QED) is 0.783. The molecular formula is C15H22BNO4S. The number of rotatable bonds is 3. The Morgan fingerprint density at radius 1 is 1.14 bits per heavy atom. The van der Waals surface area contributed by atoms with Gasteiger partial charge in [-0.05, 0) is 38.7 Å². The van der Waals surface area contributed by atoms with Crippen molar-refractivity contribution in [2.45, 2.75) is 45.4 Å². The van der Waals surface area contributed by atoms with Gasteiger partial charge in [0.25, 0.3) is 0 Å². The van der Waals surface area contributed by atoms with E-state index in [-0.39, 0.29) is 5.75 Å². The summed E-state index contributed by atoms with van der Waals surface area (Å²) in [7, 11) is -3.52. The summed E-state index contributed by atoms with van der Waals surface area (Å²) < 4.78 is 37.1. The summed E-state index contributed by atoms with van der Waals surface area (Å²) in [6.07, 6.45) is 0. The molecule has 0 N–H and O–H groups in total. The predicted molar refractivity (Wildman–Crippen MR) is 86.4 cm³/mol. The lowest BCUT2D eigenvalue weighted by atomic mass is 9.76. The fraction of sp³-hybridized carbons (Fsp3) is 0.600. The van der Waals surface area contributed by atoms with Gasteiger partial charge in [0.05, 0.1) is 17.0 Å². The van der Waals surface area contributed by atoms with Gasteiger partial charge in [0.15, 0.2) is 0 Å². The van der Waals surface area contributed by atoms with E-state index in [2.05, 4.69) is 0 Å². The van der Waals surface area contributed by atoms with Crippen molar-refractivity contribution in [3.63, 3.8) is 0 Å². The van der Waals surface area contributed by atoms with Crippen LogP contribution in [-0.4, -0.2) is 43.3 Å². The monoisotopic (exact) mass is 323 g/mol. The minimum Gasteiger partial charge on any atom is -0.399 e. The molecule has 0 saturated carbocycles. The first-order valence-electron chi connectivity index (χ1n) is 7.54. The zero-order chi connectivity index (χ0) is 16.2. The molecule has 2 heterocycles. The third-order valence-corrected chi connectivity index (χ3v) is 6.70. The first-order valence-corrected chi connectivity index (χ1v) is 9.15.